The number of hydrogen-bond acceptors (Lipinski definition) is 4. The number of aliphatic hydroxyl groups is 1. The Morgan fingerprint density at radius 3 is 2.61 bits per heavy atom. The number of rotatable bonds is 3. The third-order valence-electron chi connectivity index (χ3n) is 3.66. The molecule has 0 radical (unpaired) electrons. The summed E-state index contributed by atoms with van der Waals surface area (Å²) in [6.45, 7) is 0. The van der Waals surface area contributed by atoms with Crippen molar-refractivity contribution in [3.8, 4) is 0 Å². The van der Waals surface area contributed by atoms with E-state index >= 15 is 0 Å². The van der Waals surface area contributed by atoms with Crippen molar-refractivity contribution in [2.45, 2.75) is 38.2 Å². The Labute approximate surface area is 110 Å². The first-order valence-corrected chi connectivity index (χ1v) is 6.35. The Hall–Kier alpha value is -1.20. The minimum absolute atomic E-state index is 0.309. The molecule has 0 unspecified atom stereocenters. The van der Waals surface area contributed by atoms with E-state index in [0.29, 0.717) is 43.0 Å². The molecule has 0 atom stereocenters. The van der Waals surface area contributed by atoms with Crippen LogP contribution in [0.3, 0.4) is 0 Å². The summed E-state index contributed by atoms with van der Waals surface area (Å²) in [7, 11) is 0. The molecule has 0 aromatic carbocycles. The molecule has 1 saturated carbocycles. The molecule has 18 heavy (non-hydrogen) atoms. The molecule has 0 saturated heterocycles. The molecule has 1 aromatic heterocycles. The smallest absolute Gasteiger partial charge is 0.224 e. The Bertz CT molecular complexity index is 445. The van der Waals surface area contributed by atoms with Crippen LogP contribution in [-0.4, -0.2) is 27.1 Å². The molecule has 1 heterocycles. The van der Waals surface area contributed by atoms with Crippen molar-refractivity contribution in [3.63, 3.8) is 0 Å². The van der Waals surface area contributed by atoms with Crippen LogP contribution in [0.2, 0.25) is 5.15 Å². The molecule has 1 fully saturated rings. The Kier molecular flexibility index (Phi) is 3.82. The highest BCUT2D eigenvalue weighted by molar-refractivity contribution is 6.30. The van der Waals surface area contributed by atoms with Gasteiger partial charge in [-0.2, -0.15) is 0 Å². The number of carbonyl (C=O) groups excluding carboxylic acids is 1. The molecule has 0 aliphatic heterocycles. The van der Waals surface area contributed by atoms with Crippen LogP contribution in [0.25, 0.3) is 0 Å². The molecule has 1 aromatic rings. The van der Waals surface area contributed by atoms with Gasteiger partial charge in [-0.3, -0.25) is 9.78 Å². The SMILES string of the molecule is NC(=O)C1(Cc2nccnc2Cl)CCC(O)CC1. The number of nitrogens with two attached hydrogens (primary N) is 1. The van der Waals surface area contributed by atoms with Crippen molar-refractivity contribution < 1.29 is 9.90 Å². The van der Waals surface area contributed by atoms with Crippen molar-refractivity contribution >= 4 is 17.5 Å². The van der Waals surface area contributed by atoms with Gasteiger partial charge in [0.25, 0.3) is 0 Å². The number of amides is 1. The van der Waals surface area contributed by atoms with Crippen LogP contribution < -0.4 is 5.73 Å². The first-order chi connectivity index (χ1) is 8.53. The van der Waals surface area contributed by atoms with E-state index in [1.807, 2.05) is 0 Å². The normalized spacial score (nSPS) is 28.0. The van der Waals surface area contributed by atoms with E-state index in [0.717, 1.165) is 0 Å². The lowest BCUT2D eigenvalue weighted by Gasteiger charge is -2.36. The lowest BCUT2D eigenvalue weighted by atomic mass is 9.70. The first kappa shape index (κ1) is 13.2. The summed E-state index contributed by atoms with van der Waals surface area (Å²) in [6, 6.07) is 0. The van der Waals surface area contributed by atoms with E-state index < -0.39 is 5.41 Å². The standard InChI is InChI=1S/C12H16ClN3O2/c13-10-9(15-5-6-16-10)7-12(11(14)18)3-1-8(17)2-4-12/h5-6,8,17H,1-4,7H2,(H2,14,18). The van der Waals surface area contributed by atoms with Crippen molar-refractivity contribution in [1.29, 1.82) is 0 Å². The highest BCUT2D eigenvalue weighted by atomic mass is 35.5. The average molecular weight is 270 g/mol. The third kappa shape index (κ3) is 2.62. The van der Waals surface area contributed by atoms with E-state index in [4.69, 9.17) is 17.3 Å². The number of halogens is 1. The summed E-state index contributed by atoms with van der Waals surface area (Å²) < 4.78 is 0. The van der Waals surface area contributed by atoms with Crippen LogP contribution in [0.4, 0.5) is 0 Å². The van der Waals surface area contributed by atoms with Crippen molar-refractivity contribution in [2.24, 2.45) is 11.1 Å². The Balaban J connectivity index is 2.22. The van der Waals surface area contributed by atoms with E-state index in [-0.39, 0.29) is 12.0 Å². The highest BCUT2D eigenvalue weighted by Gasteiger charge is 2.41. The maximum atomic E-state index is 11.7. The van der Waals surface area contributed by atoms with Crippen molar-refractivity contribution in [1.82, 2.24) is 9.97 Å². The van der Waals surface area contributed by atoms with Crippen molar-refractivity contribution in [3.05, 3.63) is 23.2 Å². The molecular formula is C12H16ClN3O2. The van der Waals surface area contributed by atoms with Gasteiger partial charge >= 0.3 is 0 Å². The fourth-order valence-electron chi connectivity index (χ4n) is 2.45. The van der Waals surface area contributed by atoms with Crippen LogP contribution in [0.5, 0.6) is 0 Å². The topological polar surface area (TPSA) is 89.1 Å². The highest BCUT2D eigenvalue weighted by Crippen LogP contribution is 2.39. The summed E-state index contributed by atoms with van der Waals surface area (Å²) in [5.41, 5.74) is 5.47. The van der Waals surface area contributed by atoms with Gasteiger partial charge in [-0.25, -0.2) is 4.98 Å². The first-order valence-electron chi connectivity index (χ1n) is 5.97. The van der Waals surface area contributed by atoms with Gasteiger partial charge in [0, 0.05) is 18.8 Å². The number of aliphatic hydroxyl groups excluding tert-OH is 1. The quantitative estimate of drug-likeness (QED) is 0.859. The zero-order valence-electron chi connectivity index (χ0n) is 9.97. The maximum absolute atomic E-state index is 11.7. The maximum Gasteiger partial charge on any atom is 0.224 e. The minimum Gasteiger partial charge on any atom is -0.393 e. The van der Waals surface area contributed by atoms with Gasteiger partial charge in [-0.15, -0.1) is 0 Å². The summed E-state index contributed by atoms with van der Waals surface area (Å²) in [4.78, 5) is 19.9. The lowest BCUT2D eigenvalue weighted by molar-refractivity contribution is -0.130. The molecule has 0 bridgehead atoms. The lowest BCUT2D eigenvalue weighted by Crippen LogP contribution is -2.43. The van der Waals surface area contributed by atoms with Crippen molar-refractivity contribution in [2.75, 3.05) is 0 Å². The number of hydrogen-bond donors (Lipinski definition) is 2. The van der Waals surface area contributed by atoms with Crippen LogP contribution in [0, 0.1) is 5.41 Å². The molecule has 1 aliphatic carbocycles. The molecule has 2 rings (SSSR count). The summed E-state index contributed by atoms with van der Waals surface area (Å²) >= 11 is 5.96. The summed E-state index contributed by atoms with van der Waals surface area (Å²) in [6.07, 6.45) is 5.41. The molecule has 6 heteroatoms. The fraction of sp³-hybridized carbons (Fsp3) is 0.583. The molecule has 98 valence electrons. The Morgan fingerprint density at radius 2 is 2.06 bits per heavy atom. The van der Waals surface area contributed by atoms with Crippen LogP contribution in [0.15, 0.2) is 12.4 Å². The van der Waals surface area contributed by atoms with Crippen LogP contribution in [0.1, 0.15) is 31.4 Å². The Morgan fingerprint density at radius 1 is 1.44 bits per heavy atom. The zero-order chi connectivity index (χ0) is 13.2. The number of primary amides is 1. The largest absolute Gasteiger partial charge is 0.393 e. The van der Waals surface area contributed by atoms with E-state index in [1.165, 1.54) is 6.20 Å². The molecule has 3 N–H and O–H groups in total. The second kappa shape index (κ2) is 5.20. The molecule has 1 amide bonds. The molecule has 0 spiro atoms. The van der Waals surface area contributed by atoms with Gasteiger partial charge in [-0.05, 0) is 25.7 Å². The summed E-state index contributed by atoms with van der Waals surface area (Å²) in [5, 5.41) is 9.85. The summed E-state index contributed by atoms with van der Waals surface area (Å²) in [5.74, 6) is -0.351. The van der Waals surface area contributed by atoms with Gasteiger partial charge < -0.3 is 10.8 Å². The van der Waals surface area contributed by atoms with Gasteiger partial charge in [-0.1, -0.05) is 11.6 Å². The second-order valence-electron chi connectivity index (χ2n) is 4.85. The van der Waals surface area contributed by atoms with E-state index in [1.54, 1.807) is 6.20 Å². The monoisotopic (exact) mass is 269 g/mol. The number of aromatic nitrogens is 2. The predicted octanol–water partition coefficient (Wildman–Crippen LogP) is 1.08. The second-order valence-corrected chi connectivity index (χ2v) is 5.20. The molecular weight excluding hydrogens is 254 g/mol. The van der Waals surface area contributed by atoms with Gasteiger partial charge in [0.1, 0.15) is 0 Å². The average Bonchev–Trinajstić information content (AvgIpc) is 2.35. The number of carbonyl (C=O) groups is 1. The van der Waals surface area contributed by atoms with Gasteiger partial charge in [0.15, 0.2) is 5.15 Å². The van der Waals surface area contributed by atoms with E-state index in [2.05, 4.69) is 9.97 Å². The number of nitrogens with zero attached hydrogens (tertiary/aromatic N) is 2. The minimum atomic E-state index is -0.654. The van der Waals surface area contributed by atoms with Gasteiger partial charge in [0.2, 0.25) is 5.91 Å². The molecule has 5 nitrogen and oxygen atoms in total. The third-order valence-corrected chi connectivity index (χ3v) is 3.98. The fourth-order valence-corrected chi connectivity index (χ4v) is 2.63. The van der Waals surface area contributed by atoms with Crippen LogP contribution >= 0.6 is 11.6 Å². The molecule has 1 aliphatic rings. The zero-order valence-corrected chi connectivity index (χ0v) is 10.7. The van der Waals surface area contributed by atoms with Crippen LogP contribution in [-0.2, 0) is 11.2 Å². The predicted molar refractivity (Wildman–Crippen MR) is 66.8 cm³/mol. The van der Waals surface area contributed by atoms with Gasteiger partial charge in [0.05, 0.1) is 17.2 Å². The van der Waals surface area contributed by atoms with E-state index in [9.17, 15) is 9.90 Å².